The summed E-state index contributed by atoms with van der Waals surface area (Å²) in [5.74, 6) is 1.92. The quantitative estimate of drug-likeness (QED) is 0.934. The van der Waals surface area contributed by atoms with Gasteiger partial charge in [-0.05, 0) is 43.2 Å². The number of hydrogen-bond donors (Lipinski definition) is 1. The van der Waals surface area contributed by atoms with Gasteiger partial charge in [0.05, 0.1) is 11.9 Å². The van der Waals surface area contributed by atoms with Crippen molar-refractivity contribution in [1.82, 2.24) is 14.9 Å². The fraction of sp³-hybridized carbons (Fsp3) is 0.625. The molecule has 0 aliphatic carbocycles. The van der Waals surface area contributed by atoms with Crippen LogP contribution in [0.3, 0.4) is 0 Å². The molecule has 0 radical (unpaired) electrons. The fourth-order valence-corrected chi connectivity index (χ4v) is 3.93. The van der Waals surface area contributed by atoms with Crippen LogP contribution in [0.5, 0.6) is 0 Å². The zero-order valence-electron chi connectivity index (χ0n) is 13.1. The van der Waals surface area contributed by atoms with Crippen LogP contribution in [0, 0.1) is 5.41 Å². The van der Waals surface area contributed by atoms with E-state index in [2.05, 4.69) is 42.4 Å². The van der Waals surface area contributed by atoms with Crippen LogP contribution in [0.25, 0.3) is 10.2 Å². The first-order valence-electron chi connectivity index (χ1n) is 7.78. The zero-order valence-corrected chi connectivity index (χ0v) is 14.0. The molecule has 5 heteroatoms. The number of nitrogens with zero attached hydrogens (tertiary/aromatic N) is 3. The fourth-order valence-electron chi connectivity index (χ4n) is 3.15. The smallest absolute Gasteiger partial charge is 0.146 e. The van der Waals surface area contributed by atoms with Gasteiger partial charge in [0.2, 0.25) is 0 Å². The Morgan fingerprint density at radius 3 is 3.00 bits per heavy atom. The van der Waals surface area contributed by atoms with Crippen molar-refractivity contribution in [1.29, 1.82) is 0 Å². The second-order valence-corrected chi connectivity index (χ2v) is 7.53. The van der Waals surface area contributed by atoms with Crippen LogP contribution >= 0.6 is 11.3 Å². The van der Waals surface area contributed by atoms with Crippen molar-refractivity contribution in [2.24, 2.45) is 5.41 Å². The third kappa shape index (κ3) is 3.35. The van der Waals surface area contributed by atoms with Crippen molar-refractivity contribution >= 4 is 27.4 Å². The van der Waals surface area contributed by atoms with Gasteiger partial charge in [0.1, 0.15) is 16.5 Å². The second-order valence-electron chi connectivity index (χ2n) is 6.64. The molecule has 0 aromatic carbocycles. The number of rotatable bonds is 4. The van der Waals surface area contributed by atoms with Crippen LogP contribution in [0.2, 0.25) is 0 Å². The number of likely N-dealkylation sites (tertiary alicyclic amines) is 1. The highest BCUT2D eigenvalue weighted by Crippen LogP contribution is 2.30. The minimum absolute atomic E-state index is 0.412. The number of anilines is 1. The van der Waals surface area contributed by atoms with E-state index in [0.717, 1.165) is 48.0 Å². The summed E-state index contributed by atoms with van der Waals surface area (Å²) in [5, 5.41) is 6.60. The molecule has 2 aromatic heterocycles. The van der Waals surface area contributed by atoms with E-state index < -0.39 is 0 Å². The van der Waals surface area contributed by atoms with E-state index in [1.807, 2.05) is 0 Å². The molecule has 1 aliphatic rings. The van der Waals surface area contributed by atoms with E-state index in [0.29, 0.717) is 5.41 Å². The van der Waals surface area contributed by atoms with Crippen LogP contribution in [0.1, 0.15) is 39.4 Å². The van der Waals surface area contributed by atoms with Gasteiger partial charge in [-0.15, -0.1) is 11.3 Å². The third-order valence-corrected chi connectivity index (χ3v) is 4.87. The third-order valence-electron chi connectivity index (χ3n) is 4.06. The molecule has 114 valence electrons. The molecule has 21 heavy (non-hydrogen) atoms. The number of aromatic nitrogens is 2. The Bertz CT molecular complexity index is 620. The number of piperidine rings is 1. The van der Waals surface area contributed by atoms with Gasteiger partial charge in [0.15, 0.2) is 0 Å². The Labute approximate surface area is 130 Å². The molecule has 4 nitrogen and oxygen atoms in total. The van der Waals surface area contributed by atoms with Gasteiger partial charge in [0.25, 0.3) is 0 Å². The zero-order chi connectivity index (χ0) is 14.9. The maximum Gasteiger partial charge on any atom is 0.146 e. The summed E-state index contributed by atoms with van der Waals surface area (Å²) in [5.41, 5.74) is 0.412. The lowest BCUT2D eigenvalue weighted by atomic mass is 9.84. The first kappa shape index (κ1) is 14.7. The Kier molecular flexibility index (Phi) is 4.13. The topological polar surface area (TPSA) is 41.1 Å². The molecule has 0 amide bonds. The summed E-state index contributed by atoms with van der Waals surface area (Å²) >= 11 is 1.69. The molecule has 1 saturated heterocycles. The van der Waals surface area contributed by atoms with E-state index in [9.17, 15) is 0 Å². The maximum atomic E-state index is 4.75. The van der Waals surface area contributed by atoms with Crippen molar-refractivity contribution in [2.75, 3.05) is 25.0 Å². The molecule has 2 aromatic rings. The first-order valence-corrected chi connectivity index (χ1v) is 8.66. The molecular weight excluding hydrogens is 280 g/mol. The Balaban J connectivity index is 1.83. The van der Waals surface area contributed by atoms with Crippen molar-refractivity contribution in [3.8, 4) is 0 Å². The first-order chi connectivity index (χ1) is 10.1. The summed E-state index contributed by atoms with van der Waals surface area (Å²) in [6.45, 7) is 10.8. The second kappa shape index (κ2) is 5.89. The molecular formula is C16H24N4S. The molecule has 3 heterocycles. The molecule has 1 aliphatic heterocycles. The average Bonchev–Trinajstić information content (AvgIpc) is 2.86. The minimum Gasteiger partial charge on any atom is -0.370 e. The maximum absolute atomic E-state index is 4.75. The minimum atomic E-state index is 0.412. The SMILES string of the molecule is CCNc1nc(CN2CCCC(C)(C)C2)nc2sccc12. The highest BCUT2D eigenvalue weighted by atomic mass is 32.1. The summed E-state index contributed by atoms with van der Waals surface area (Å²) < 4.78 is 0. The normalized spacial score (nSPS) is 19.0. The van der Waals surface area contributed by atoms with Gasteiger partial charge in [-0.25, -0.2) is 9.97 Å². The van der Waals surface area contributed by atoms with Gasteiger partial charge in [-0.3, -0.25) is 4.90 Å². The lowest BCUT2D eigenvalue weighted by molar-refractivity contribution is 0.109. The molecule has 1 N–H and O–H groups in total. The Morgan fingerprint density at radius 2 is 2.24 bits per heavy atom. The van der Waals surface area contributed by atoms with E-state index in [4.69, 9.17) is 9.97 Å². The Hall–Kier alpha value is -1.20. The number of nitrogens with one attached hydrogen (secondary N) is 1. The molecule has 3 rings (SSSR count). The van der Waals surface area contributed by atoms with Crippen LogP contribution < -0.4 is 5.32 Å². The van der Waals surface area contributed by atoms with Crippen LogP contribution in [0.4, 0.5) is 5.82 Å². The average molecular weight is 304 g/mol. The molecule has 0 bridgehead atoms. The highest BCUT2D eigenvalue weighted by Gasteiger charge is 2.26. The predicted octanol–water partition coefficient (Wildman–Crippen LogP) is 3.75. The Morgan fingerprint density at radius 1 is 1.38 bits per heavy atom. The van der Waals surface area contributed by atoms with Gasteiger partial charge in [-0.2, -0.15) is 0 Å². The van der Waals surface area contributed by atoms with Gasteiger partial charge >= 0.3 is 0 Å². The summed E-state index contributed by atoms with van der Waals surface area (Å²) in [4.78, 5) is 13.1. The van der Waals surface area contributed by atoms with Gasteiger partial charge in [0, 0.05) is 13.1 Å². The molecule has 0 spiro atoms. The van der Waals surface area contributed by atoms with E-state index >= 15 is 0 Å². The van der Waals surface area contributed by atoms with Crippen molar-refractivity contribution in [3.63, 3.8) is 0 Å². The number of thiophene rings is 1. The van der Waals surface area contributed by atoms with Crippen molar-refractivity contribution in [3.05, 3.63) is 17.3 Å². The summed E-state index contributed by atoms with van der Waals surface area (Å²) in [6.07, 6.45) is 2.59. The monoisotopic (exact) mass is 304 g/mol. The van der Waals surface area contributed by atoms with Crippen molar-refractivity contribution in [2.45, 2.75) is 40.2 Å². The molecule has 0 unspecified atom stereocenters. The predicted molar refractivity (Wildman–Crippen MR) is 89.9 cm³/mol. The molecule has 0 saturated carbocycles. The standard InChI is InChI=1S/C16H24N4S/c1-4-17-14-12-6-9-21-15(12)19-13(18-14)10-20-8-5-7-16(2,3)11-20/h6,9H,4-5,7-8,10-11H2,1-3H3,(H,17,18,19). The van der Waals surface area contributed by atoms with E-state index in [-0.39, 0.29) is 0 Å². The number of hydrogen-bond acceptors (Lipinski definition) is 5. The van der Waals surface area contributed by atoms with Crippen LogP contribution in [-0.4, -0.2) is 34.5 Å². The molecule has 0 atom stereocenters. The van der Waals surface area contributed by atoms with Crippen molar-refractivity contribution < 1.29 is 0 Å². The lowest BCUT2D eigenvalue weighted by Gasteiger charge is -2.37. The highest BCUT2D eigenvalue weighted by molar-refractivity contribution is 7.16. The lowest BCUT2D eigenvalue weighted by Crippen LogP contribution is -2.39. The van der Waals surface area contributed by atoms with Crippen LogP contribution in [0.15, 0.2) is 11.4 Å². The summed E-state index contributed by atoms with van der Waals surface area (Å²) in [7, 11) is 0. The molecule has 1 fully saturated rings. The number of fused-ring (bicyclic) bond motifs is 1. The van der Waals surface area contributed by atoms with Crippen LogP contribution in [-0.2, 0) is 6.54 Å². The summed E-state index contributed by atoms with van der Waals surface area (Å²) in [6, 6.07) is 2.10. The van der Waals surface area contributed by atoms with E-state index in [1.165, 1.54) is 12.8 Å². The van der Waals surface area contributed by atoms with Gasteiger partial charge in [-0.1, -0.05) is 13.8 Å². The van der Waals surface area contributed by atoms with E-state index in [1.54, 1.807) is 11.3 Å². The van der Waals surface area contributed by atoms with Gasteiger partial charge < -0.3 is 5.32 Å². The largest absolute Gasteiger partial charge is 0.370 e.